The first-order valence-electron chi connectivity index (χ1n) is 8.64. The van der Waals surface area contributed by atoms with Crippen molar-refractivity contribution in [3.63, 3.8) is 0 Å². The highest BCUT2D eigenvalue weighted by molar-refractivity contribution is 7.92. The number of hydrogen-bond acceptors (Lipinski definition) is 5. The van der Waals surface area contributed by atoms with Gasteiger partial charge < -0.3 is 14.7 Å². The van der Waals surface area contributed by atoms with Crippen LogP contribution in [0.25, 0.3) is 0 Å². The molecular weight excluding hydrogens is 404 g/mol. The number of nitrogens with one attached hydrogen (secondary N) is 1. The second kappa shape index (κ2) is 9.16. The van der Waals surface area contributed by atoms with E-state index in [1.54, 1.807) is 13.1 Å². The van der Waals surface area contributed by atoms with Crippen molar-refractivity contribution in [3.05, 3.63) is 47.0 Å². The maximum atomic E-state index is 12.8. The third kappa shape index (κ3) is 5.08. The van der Waals surface area contributed by atoms with Gasteiger partial charge >= 0.3 is 5.97 Å². The number of carboxylic acid groups (broad SMARTS) is 1. The van der Waals surface area contributed by atoms with Crippen LogP contribution in [0.3, 0.4) is 0 Å². The van der Waals surface area contributed by atoms with Crippen LogP contribution in [0.1, 0.15) is 30.1 Å². The van der Waals surface area contributed by atoms with E-state index < -0.39 is 16.0 Å². The molecule has 0 radical (unpaired) electrons. The highest BCUT2D eigenvalue weighted by atomic mass is 35.5. The molecule has 2 rings (SSSR count). The quantitative estimate of drug-likeness (QED) is 0.627. The van der Waals surface area contributed by atoms with Crippen molar-refractivity contribution < 1.29 is 23.1 Å². The van der Waals surface area contributed by atoms with Gasteiger partial charge in [0.25, 0.3) is 10.0 Å². The third-order valence-electron chi connectivity index (χ3n) is 4.15. The average Bonchev–Trinajstić information content (AvgIpc) is 2.65. The molecule has 0 saturated heterocycles. The lowest BCUT2D eigenvalue weighted by Crippen LogP contribution is -2.21. The van der Waals surface area contributed by atoms with E-state index in [4.69, 9.17) is 16.3 Å². The second-order valence-corrected chi connectivity index (χ2v) is 8.30. The van der Waals surface area contributed by atoms with Crippen LogP contribution in [0.15, 0.2) is 41.3 Å². The fraction of sp³-hybridized carbons (Fsp3) is 0.316. The number of ether oxygens (including phenoxy) is 1. The predicted molar refractivity (Wildman–Crippen MR) is 110 cm³/mol. The Morgan fingerprint density at radius 3 is 2.57 bits per heavy atom. The zero-order valence-corrected chi connectivity index (χ0v) is 17.5. The molecule has 2 aromatic rings. The van der Waals surface area contributed by atoms with E-state index in [9.17, 15) is 18.3 Å². The van der Waals surface area contributed by atoms with Crippen LogP contribution < -0.4 is 14.4 Å². The van der Waals surface area contributed by atoms with Crippen molar-refractivity contribution in [2.24, 2.45) is 0 Å². The van der Waals surface area contributed by atoms with Crippen LogP contribution in [0.5, 0.6) is 5.75 Å². The molecule has 0 aliphatic heterocycles. The molecule has 0 aliphatic rings. The summed E-state index contributed by atoms with van der Waals surface area (Å²) in [5.41, 5.74) is 0.660. The topological polar surface area (TPSA) is 95.9 Å². The summed E-state index contributed by atoms with van der Waals surface area (Å²) in [5.74, 6) is -1.01. The number of aromatic carboxylic acids is 1. The van der Waals surface area contributed by atoms with Crippen LogP contribution in [0, 0.1) is 0 Å². The molecule has 2 aromatic carbocycles. The number of anilines is 2. The minimum absolute atomic E-state index is 0.0110. The molecule has 0 saturated carbocycles. The van der Waals surface area contributed by atoms with Crippen molar-refractivity contribution in [2.45, 2.75) is 24.7 Å². The zero-order valence-electron chi connectivity index (χ0n) is 15.9. The predicted octanol–water partition coefficient (Wildman–Crippen LogP) is 4.08. The first-order chi connectivity index (χ1) is 13.2. The van der Waals surface area contributed by atoms with Crippen molar-refractivity contribution in [2.75, 3.05) is 30.3 Å². The first-order valence-corrected chi connectivity index (χ1v) is 10.5. The Bertz CT molecular complexity index is 963. The number of halogens is 1. The highest BCUT2D eigenvalue weighted by Crippen LogP contribution is 2.30. The molecule has 152 valence electrons. The van der Waals surface area contributed by atoms with Crippen molar-refractivity contribution in [1.29, 1.82) is 0 Å². The summed E-state index contributed by atoms with van der Waals surface area (Å²) in [4.78, 5) is 13.4. The molecule has 0 heterocycles. The van der Waals surface area contributed by atoms with E-state index in [1.165, 1.54) is 37.4 Å². The average molecular weight is 427 g/mol. The summed E-state index contributed by atoms with van der Waals surface area (Å²) in [7, 11) is -0.878. The van der Waals surface area contributed by atoms with Gasteiger partial charge in [-0.2, -0.15) is 0 Å². The highest BCUT2D eigenvalue weighted by Gasteiger charge is 2.22. The Kier molecular flexibility index (Phi) is 7.15. The molecule has 0 amide bonds. The molecular formula is C19H23ClN2O5S. The molecule has 0 aliphatic carbocycles. The number of methoxy groups -OCH3 is 1. The number of carbonyl (C=O) groups is 1. The molecule has 0 aromatic heterocycles. The van der Waals surface area contributed by atoms with Crippen molar-refractivity contribution >= 4 is 39.0 Å². The summed E-state index contributed by atoms with van der Waals surface area (Å²) >= 11 is 5.92. The number of nitrogens with zero attached hydrogens (tertiary/aromatic N) is 1. The SMILES string of the molecule is CCCCN(C)c1ccc(NS(=O)(=O)c2cc(Cl)ccc2OC)cc1C(=O)O. The fourth-order valence-corrected chi connectivity index (χ4v) is 4.17. The Hall–Kier alpha value is -2.45. The lowest BCUT2D eigenvalue weighted by Gasteiger charge is -2.22. The Morgan fingerprint density at radius 1 is 1.25 bits per heavy atom. The van der Waals surface area contributed by atoms with Gasteiger partial charge in [-0.3, -0.25) is 4.72 Å². The molecule has 7 nitrogen and oxygen atoms in total. The van der Waals surface area contributed by atoms with Gasteiger partial charge in [0.15, 0.2) is 0 Å². The molecule has 28 heavy (non-hydrogen) atoms. The normalized spacial score (nSPS) is 11.1. The van der Waals surface area contributed by atoms with Gasteiger partial charge in [0, 0.05) is 24.3 Å². The van der Waals surface area contributed by atoms with Crippen LogP contribution in [0.4, 0.5) is 11.4 Å². The Labute approximate surface area is 169 Å². The van der Waals surface area contributed by atoms with Crippen molar-refractivity contribution in [3.8, 4) is 5.75 Å². The maximum Gasteiger partial charge on any atom is 0.337 e. The van der Waals surface area contributed by atoms with Crippen LogP contribution in [0.2, 0.25) is 5.02 Å². The number of hydrogen-bond donors (Lipinski definition) is 2. The molecule has 0 unspecified atom stereocenters. The number of benzene rings is 2. The maximum absolute atomic E-state index is 12.8. The summed E-state index contributed by atoms with van der Waals surface area (Å²) in [5, 5.41) is 9.79. The Balaban J connectivity index is 2.40. The van der Waals surface area contributed by atoms with E-state index in [0.717, 1.165) is 12.8 Å². The van der Waals surface area contributed by atoms with E-state index >= 15 is 0 Å². The molecule has 0 spiro atoms. The van der Waals surface area contributed by atoms with Crippen LogP contribution in [-0.4, -0.2) is 40.2 Å². The van der Waals surface area contributed by atoms with E-state index in [-0.39, 0.29) is 26.9 Å². The zero-order chi connectivity index (χ0) is 20.9. The van der Waals surface area contributed by atoms with Crippen LogP contribution >= 0.6 is 11.6 Å². The molecule has 0 atom stereocenters. The fourth-order valence-electron chi connectivity index (χ4n) is 2.69. The summed E-state index contributed by atoms with van der Waals surface area (Å²) in [6.45, 7) is 2.75. The number of sulfonamides is 1. The standard InChI is InChI=1S/C19H23ClN2O5S/c1-4-5-10-22(2)16-8-7-14(12-15(16)19(23)24)21-28(25,26)18-11-13(20)6-9-17(18)27-3/h6-9,11-12,21H,4-5,10H2,1-3H3,(H,23,24). The molecule has 0 bridgehead atoms. The van der Waals surface area contributed by atoms with Crippen molar-refractivity contribution in [1.82, 2.24) is 0 Å². The molecule has 2 N–H and O–H groups in total. The Morgan fingerprint density at radius 2 is 1.96 bits per heavy atom. The lowest BCUT2D eigenvalue weighted by molar-refractivity contribution is 0.0697. The van der Waals surface area contributed by atoms with E-state index in [1.807, 2.05) is 11.8 Å². The second-order valence-electron chi connectivity index (χ2n) is 6.21. The van der Waals surface area contributed by atoms with Gasteiger partial charge in [-0.25, -0.2) is 13.2 Å². The van der Waals surface area contributed by atoms with Crippen LogP contribution in [-0.2, 0) is 10.0 Å². The third-order valence-corrected chi connectivity index (χ3v) is 5.79. The molecule has 0 fully saturated rings. The number of rotatable bonds is 9. The largest absolute Gasteiger partial charge is 0.495 e. The summed E-state index contributed by atoms with van der Waals surface area (Å²) in [6.07, 6.45) is 1.89. The van der Waals surface area contributed by atoms with Gasteiger partial charge in [0.2, 0.25) is 0 Å². The monoisotopic (exact) mass is 426 g/mol. The van der Waals surface area contributed by atoms with Gasteiger partial charge in [0.1, 0.15) is 10.6 Å². The summed E-state index contributed by atoms with van der Waals surface area (Å²) in [6, 6.07) is 8.65. The van der Waals surface area contributed by atoms with Gasteiger partial charge in [-0.1, -0.05) is 24.9 Å². The van der Waals surface area contributed by atoms with Gasteiger partial charge in [0.05, 0.1) is 18.4 Å². The minimum atomic E-state index is -4.03. The number of unbranched alkanes of at least 4 members (excludes halogenated alkanes) is 1. The smallest absolute Gasteiger partial charge is 0.337 e. The number of carboxylic acids is 1. The van der Waals surface area contributed by atoms with E-state index in [2.05, 4.69) is 4.72 Å². The van der Waals surface area contributed by atoms with Gasteiger partial charge in [-0.15, -0.1) is 0 Å². The minimum Gasteiger partial charge on any atom is -0.495 e. The summed E-state index contributed by atoms with van der Waals surface area (Å²) < 4.78 is 33.0. The first kappa shape index (κ1) is 21.8. The lowest BCUT2D eigenvalue weighted by atomic mass is 10.1. The molecule has 9 heteroatoms. The van der Waals surface area contributed by atoms with Gasteiger partial charge in [-0.05, 0) is 42.8 Å². The van der Waals surface area contributed by atoms with E-state index in [0.29, 0.717) is 12.2 Å².